The van der Waals surface area contributed by atoms with Crippen LogP contribution in [-0.4, -0.2) is 68.8 Å². The van der Waals surface area contributed by atoms with Gasteiger partial charge in [0.05, 0.1) is 4.90 Å². The fourth-order valence-electron chi connectivity index (χ4n) is 2.77. The highest BCUT2D eigenvalue weighted by atomic mass is 32.2. The van der Waals surface area contributed by atoms with Crippen molar-refractivity contribution in [2.75, 3.05) is 40.0 Å². The number of thioether (sulfide) groups is 1. The number of nitrogens with one attached hydrogen (secondary N) is 1. The van der Waals surface area contributed by atoms with E-state index < -0.39 is 10.0 Å². The topological polar surface area (TPSA) is 65.0 Å². The lowest BCUT2D eigenvalue weighted by Gasteiger charge is -2.36. The number of benzene rings is 1. The number of guanidine groups is 1. The average molecular weight is 399 g/mol. The Bertz CT molecular complexity index is 715. The second-order valence-corrected chi connectivity index (χ2v) is 10.4. The molecule has 26 heavy (non-hydrogen) atoms. The molecule has 1 aromatic rings. The fraction of sp³-hybridized carbons (Fsp3) is 0.611. The van der Waals surface area contributed by atoms with E-state index >= 15 is 0 Å². The molecule has 1 aliphatic rings. The van der Waals surface area contributed by atoms with E-state index in [1.54, 1.807) is 19.2 Å². The third-order valence-electron chi connectivity index (χ3n) is 4.50. The molecule has 1 fully saturated rings. The summed E-state index contributed by atoms with van der Waals surface area (Å²) in [7, 11) is 1.50. The summed E-state index contributed by atoms with van der Waals surface area (Å²) >= 11 is 2.04. The molecule has 8 heteroatoms. The van der Waals surface area contributed by atoms with Crippen molar-refractivity contribution in [2.45, 2.75) is 30.5 Å². The van der Waals surface area contributed by atoms with Gasteiger partial charge in [0, 0.05) is 51.8 Å². The standard InChI is InChI=1S/C18H30N4O2S2/c1-14(2)17-13-22(10-11-25-17)18(19-3)20-12-15-6-8-16(9-7-15)26(23,24)21(4)5/h6-9,14,17H,10-13H2,1-5H3,(H,19,20). The zero-order valence-electron chi connectivity index (χ0n) is 16.3. The van der Waals surface area contributed by atoms with Gasteiger partial charge in [-0.15, -0.1) is 0 Å². The third-order valence-corrected chi connectivity index (χ3v) is 7.87. The molecule has 1 atom stereocenters. The van der Waals surface area contributed by atoms with E-state index in [0.717, 1.165) is 30.4 Å². The molecule has 1 unspecified atom stereocenters. The van der Waals surface area contributed by atoms with Crippen LogP contribution < -0.4 is 5.32 Å². The van der Waals surface area contributed by atoms with Crippen LogP contribution in [-0.2, 0) is 16.6 Å². The summed E-state index contributed by atoms with van der Waals surface area (Å²) < 4.78 is 25.5. The lowest BCUT2D eigenvalue weighted by Crippen LogP contribution is -2.48. The summed E-state index contributed by atoms with van der Waals surface area (Å²) in [5.41, 5.74) is 1.02. The Morgan fingerprint density at radius 2 is 2.00 bits per heavy atom. The van der Waals surface area contributed by atoms with Gasteiger partial charge >= 0.3 is 0 Å². The Hall–Kier alpha value is -1.25. The van der Waals surface area contributed by atoms with Gasteiger partial charge in [0.2, 0.25) is 10.0 Å². The molecule has 146 valence electrons. The first-order chi connectivity index (χ1) is 12.3. The van der Waals surface area contributed by atoms with Crippen molar-refractivity contribution in [2.24, 2.45) is 10.9 Å². The van der Waals surface area contributed by atoms with Crippen molar-refractivity contribution < 1.29 is 8.42 Å². The second-order valence-electron chi connectivity index (χ2n) is 6.93. The molecule has 1 aliphatic heterocycles. The highest BCUT2D eigenvalue weighted by Gasteiger charge is 2.24. The molecule has 6 nitrogen and oxygen atoms in total. The van der Waals surface area contributed by atoms with Crippen LogP contribution in [0.5, 0.6) is 0 Å². The summed E-state index contributed by atoms with van der Waals surface area (Å²) in [4.78, 5) is 7.04. The van der Waals surface area contributed by atoms with Crippen LogP contribution >= 0.6 is 11.8 Å². The van der Waals surface area contributed by atoms with Crippen LogP contribution in [0, 0.1) is 5.92 Å². The minimum Gasteiger partial charge on any atom is -0.352 e. The molecular formula is C18H30N4O2S2. The van der Waals surface area contributed by atoms with E-state index in [2.05, 4.69) is 29.1 Å². The van der Waals surface area contributed by atoms with Crippen molar-refractivity contribution in [1.82, 2.24) is 14.5 Å². The van der Waals surface area contributed by atoms with Gasteiger partial charge in [0.15, 0.2) is 5.96 Å². The highest BCUT2D eigenvalue weighted by molar-refractivity contribution is 8.00. The number of nitrogens with zero attached hydrogens (tertiary/aromatic N) is 3. The van der Waals surface area contributed by atoms with Crippen LogP contribution in [0.25, 0.3) is 0 Å². The Labute approximate surface area is 162 Å². The minimum absolute atomic E-state index is 0.309. The number of rotatable bonds is 5. The van der Waals surface area contributed by atoms with Gasteiger partial charge in [-0.1, -0.05) is 26.0 Å². The predicted octanol–water partition coefficient (Wildman–Crippen LogP) is 2.09. The van der Waals surface area contributed by atoms with E-state index in [-0.39, 0.29) is 0 Å². The molecule has 1 saturated heterocycles. The van der Waals surface area contributed by atoms with Crippen LogP contribution in [0.15, 0.2) is 34.2 Å². The molecule has 2 rings (SSSR count). The monoisotopic (exact) mass is 398 g/mol. The maximum absolute atomic E-state index is 12.1. The van der Waals surface area contributed by atoms with Gasteiger partial charge in [-0.2, -0.15) is 11.8 Å². The zero-order valence-corrected chi connectivity index (χ0v) is 17.9. The predicted molar refractivity (Wildman–Crippen MR) is 110 cm³/mol. The molecule has 0 spiro atoms. The molecule has 0 radical (unpaired) electrons. The summed E-state index contributed by atoms with van der Waals surface area (Å²) in [6.07, 6.45) is 0. The highest BCUT2D eigenvalue weighted by Crippen LogP contribution is 2.25. The second kappa shape index (κ2) is 9.10. The molecule has 1 aromatic carbocycles. The van der Waals surface area contributed by atoms with E-state index in [1.807, 2.05) is 23.9 Å². The van der Waals surface area contributed by atoms with Crippen molar-refractivity contribution in [3.8, 4) is 0 Å². The van der Waals surface area contributed by atoms with Crippen LogP contribution in [0.4, 0.5) is 0 Å². The Morgan fingerprint density at radius 1 is 1.35 bits per heavy atom. The van der Waals surface area contributed by atoms with Gasteiger partial charge in [-0.25, -0.2) is 12.7 Å². The number of sulfonamides is 1. The first-order valence-corrected chi connectivity index (χ1v) is 11.3. The quantitative estimate of drug-likeness (QED) is 0.608. The molecular weight excluding hydrogens is 368 g/mol. The number of hydrogen-bond acceptors (Lipinski definition) is 4. The van der Waals surface area contributed by atoms with Crippen molar-refractivity contribution in [3.63, 3.8) is 0 Å². The third kappa shape index (κ3) is 5.14. The first-order valence-electron chi connectivity index (χ1n) is 8.84. The molecule has 0 aliphatic carbocycles. The molecule has 1 heterocycles. The van der Waals surface area contributed by atoms with Crippen LogP contribution in [0.2, 0.25) is 0 Å². The molecule has 0 aromatic heterocycles. The lowest BCUT2D eigenvalue weighted by molar-refractivity contribution is 0.380. The Balaban J connectivity index is 1.98. The Kier molecular flexibility index (Phi) is 7.37. The largest absolute Gasteiger partial charge is 0.352 e. The van der Waals surface area contributed by atoms with E-state index in [1.165, 1.54) is 18.4 Å². The minimum atomic E-state index is -3.38. The number of hydrogen-bond donors (Lipinski definition) is 1. The zero-order chi connectivity index (χ0) is 19.3. The van der Waals surface area contributed by atoms with Gasteiger partial charge in [0.1, 0.15) is 0 Å². The lowest BCUT2D eigenvalue weighted by atomic mass is 10.1. The molecule has 0 amide bonds. The van der Waals surface area contributed by atoms with Gasteiger partial charge in [-0.3, -0.25) is 4.99 Å². The summed E-state index contributed by atoms with van der Waals surface area (Å²) in [6.45, 7) is 7.14. The summed E-state index contributed by atoms with van der Waals surface area (Å²) in [5.74, 6) is 2.66. The van der Waals surface area contributed by atoms with Gasteiger partial charge in [0.25, 0.3) is 0 Å². The van der Waals surface area contributed by atoms with Crippen molar-refractivity contribution in [1.29, 1.82) is 0 Å². The smallest absolute Gasteiger partial charge is 0.242 e. The molecule has 0 saturated carbocycles. The van der Waals surface area contributed by atoms with Crippen molar-refractivity contribution >= 4 is 27.7 Å². The normalized spacial score (nSPS) is 19.3. The SMILES string of the molecule is CN=C(NCc1ccc(S(=O)(=O)N(C)C)cc1)N1CCSC(C(C)C)C1. The molecule has 0 bridgehead atoms. The first kappa shape index (κ1) is 21.1. The average Bonchev–Trinajstić information content (AvgIpc) is 2.62. The Morgan fingerprint density at radius 3 is 2.54 bits per heavy atom. The summed E-state index contributed by atoms with van der Waals surface area (Å²) in [5, 5.41) is 4.03. The summed E-state index contributed by atoms with van der Waals surface area (Å²) in [6, 6.07) is 7.00. The van der Waals surface area contributed by atoms with Crippen LogP contribution in [0.1, 0.15) is 19.4 Å². The maximum atomic E-state index is 12.1. The van der Waals surface area contributed by atoms with Crippen molar-refractivity contribution in [3.05, 3.63) is 29.8 Å². The fourth-order valence-corrected chi connectivity index (χ4v) is 4.98. The maximum Gasteiger partial charge on any atom is 0.242 e. The van der Waals surface area contributed by atoms with Crippen LogP contribution in [0.3, 0.4) is 0 Å². The molecule has 1 N–H and O–H groups in total. The van der Waals surface area contributed by atoms with E-state index in [4.69, 9.17) is 0 Å². The van der Waals surface area contributed by atoms with Gasteiger partial charge in [-0.05, 0) is 23.6 Å². The van der Waals surface area contributed by atoms with E-state index in [9.17, 15) is 8.42 Å². The van der Waals surface area contributed by atoms with E-state index in [0.29, 0.717) is 22.6 Å². The number of aliphatic imine (C=N–C) groups is 1. The van der Waals surface area contributed by atoms with Gasteiger partial charge < -0.3 is 10.2 Å².